The molecule has 1 heterocycles. The third-order valence-corrected chi connectivity index (χ3v) is 4.33. The van der Waals surface area contributed by atoms with Gasteiger partial charge in [-0.15, -0.1) is 0 Å². The molecule has 0 aliphatic rings. The molecule has 28 heavy (non-hydrogen) atoms. The van der Waals surface area contributed by atoms with Crippen LogP contribution < -0.4 is 5.32 Å². The molecule has 0 unspecified atom stereocenters. The predicted octanol–water partition coefficient (Wildman–Crippen LogP) is 5.09. The highest BCUT2D eigenvalue weighted by atomic mass is 19.4. The lowest BCUT2D eigenvalue weighted by Crippen LogP contribution is -2.28. The summed E-state index contributed by atoms with van der Waals surface area (Å²) in [4.78, 5) is 16.7. The maximum Gasteiger partial charge on any atom is 0.416 e. The summed E-state index contributed by atoms with van der Waals surface area (Å²) in [5, 5.41) is 2.71. The standard InChI is InChI=1S/C21H19F3N2O2/c1-13(16-9-6-10-17(11-16)21(22,23)24)25-19(27)12-18-14(2)28-20(26-18)15-7-4-3-5-8-15/h3-11,13H,12H2,1-2H3,(H,25,27)/t13-/m1/s1. The van der Waals surface area contributed by atoms with Crippen LogP contribution >= 0.6 is 0 Å². The topological polar surface area (TPSA) is 55.1 Å². The van der Waals surface area contributed by atoms with E-state index in [1.165, 1.54) is 6.07 Å². The van der Waals surface area contributed by atoms with Gasteiger partial charge in [-0.1, -0.05) is 30.3 Å². The van der Waals surface area contributed by atoms with Gasteiger partial charge in [0, 0.05) is 5.56 Å². The number of carbonyl (C=O) groups excluding carboxylic acids is 1. The molecule has 3 rings (SSSR count). The number of nitrogens with zero attached hydrogens (tertiary/aromatic N) is 1. The summed E-state index contributed by atoms with van der Waals surface area (Å²) >= 11 is 0. The molecular weight excluding hydrogens is 369 g/mol. The Labute approximate surface area is 160 Å². The van der Waals surface area contributed by atoms with Gasteiger partial charge in [-0.3, -0.25) is 4.79 Å². The zero-order valence-electron chi connectivity index (χ0n) is 15.4. The van der Waals surface area contributed by atoms with Crippen LogP contribution in [0.2, 0.25) is 0 Å². The van der Waals surface area contributed by atoms with Crippen molar-refractivity contribution >= 4 is 5.91 Å². The molecule has 3 aromatic rings. The highest BCUT2D eigenvalue weighted by molar-refractivity contribution is 5.79. The molecule has 4 nitrogen and oxygen atoms in total. The Morgan fingerprint density at radius 2 is 1.86 bits per heavy atom. The van der Waals surface area contributed by atoms with Gasteiger partial charge in [0.25, 0.3) is 0 Å². The number of amides is 1. The predicted molar refractivity (Wildman–Crippen MR) is 98.4 cm³/mol. The van der Waals surface area contributed by atoms with Crippen LogP contribution in [0, 0.1) is 6.92 Å². The average molecular weight is 388 g/mol. The van der Waals surface area contributed by atoms with Crippen LogP contribution in [0.4, 0.5) is 13.2 Å². The fourth-order valence-corrected chi connectivity index (χ4v) is 2.81. The molecule has 7 heteroatoms. The van der Waals surface area contributed by atoms with Crippen molar-refractivity contribution < 1.29 is 22.4 Å². The van der Waals surface area contributed by atoms with Crippen molar-refractivity contribution in [3.8, 4) is 11.5 Å². The maximum absolute atomic E-state index is 12.9. The Morgan fingerprint density at radius 3 is 2.54 bits per heavy atom. The van der Waals surface area contributed by atoms with E-state index in [-0.39, 0.29) is 12.3 Å². The molecule has 2 aromatic carbocycles. The van der Waals surface area contributed by atoms with Crippen molar-refractivity contribution in [2.75, 3.05) is 0 Å². The minimum Gasteiger partial charge on any atom is -0.441 e. The monoisotopic (exact) mass is 388 g/mol. The van der Waals surface area contributed by atoms with E-state index in [9.17, 15) is 18.0 Å². The molecule has 1 aromatic heterocycles. The van der Waals surface area contributed by atoms with E-state index in [4.69, 9.17) is 4.42 Å². The van der Waals surface area contributed by atoms with E-state index in [1.54, 1.807) is 19.9 Å². The summed E-state index contributed by atoms with van der Waals surface area (Å²) < 4.78 is 44.2. The summed E-state index contributed by atoms with van der Waals surface area (Å²) in [5.41, 5.74) is 0.929. The lowest BCUT2D eigenvalue weighted by molar-refractivity contribution is -0.137. The van der Waals surface area contributed by atoms with Crippen molar-refractivity contribution in [1.29, 1.82) is 0 Å². The third kappa shape index (κ3) is 4.60. The zero-order chi connectivity index (χ0) is 20.3. The summed E-state index contributed by atoms with van der Waals surface area (Å²) in [6.07, 6.45) is -4.45. The number of benzene rings is 2. The molecule has 0 bridgehead atoms. The number of carbonyl (C=O) groups is 1. The Bertz CT molecular complexity index is 965. The number of hydrogen-bond donors (Lipinski definition) is 1. The highest BCUT2D eigenvalue weighted by Gasteiger charge is 2.30. The van der Waals surface area contributed by atoms with Gasteiger partial charge in [0.15, 0.2) is 0 Å². The van der Waals surface area contributed by atoms with E-state index >= 15 is 0 Å². The van der Waals surface area contributed by atoms with Crippen LogP contribution in [-0.4, -0.2) is 10.9 Å². The Morgan fingerprint density at radius 1 is 1.14 bits per heavy atom. The quantitative estimate of drug-likeness (QED) is 0.662. The van der Waals surface area contributed by atoms with Crippen LogP contribution in [0.25, 0.3) is 11.5 Å². The first-order chi connectivity index (χ1) is 13.2. The molecule has 0 aliphatic heterocycles. The Hall–Kier alpha value is -3.09. The number of nitrogens with one attached hydrogen (secondary N) is 1. The largest absolute Gasteiger partial charge is 0.441 e. The van der Waals surface area contributed by atoms with E-state index in [2.05, 4.69) is 10.3 Å². The molecule has 1 amide bonds. The van der Waals surface area contributed by atoms with Gasteiger partial charge >= 0.3 is 6.18 Å². The average Bonchev–Trinajstić information content (AvgIpc) is 3.02. The van der Waals surface area contributed by atoms with Crippen molar-refractivity contribution in [3.63, 3.8) is 0 Å². The number of halogens is 3. The molecule has 0 radical (unpaired) electrons. The summed E-state index contributed by atoms with van der Waals surface area (Å²) in [6.45, 7) is 3.36. The van der Waals surface area contributed by atoms with Crippen molar-refractivity contribution in [2.45, 2.75) is 32.5 Å². The lowest BCUT2D eigenvalue weighted by atomic mass is 10.0. The Kier molecular flexibility index (Phi) is 5.53. The summed E-state index contributed by atoms with van der Waals surface area (Å²) in [7, 11) is 0. The smallest absolute Gasteiger partial charge is 0.416 e. The van der Waals surface area contributed by atoms with Gasteiger partial charge in [-0.25, -0.2) is 4.98 Å². The second-order valence-electron chi connectivity index (χ2n) is 6.48. The SMILES string of the molecule is Cc1oc(-c2ccccc2)nc1CC(=O)N[C@H](C)c1cccc(C(F)(F)F)c1. The molecule has 146 valence electrons. The number of aryl methyl sites for hydroxylation is 1. The van der Waals surface area contributed by atoms with Crippen LogP contribution in [0.5, 0.6) is 0 Å². The van der Waals surface area contributed by atoms with Gasteiger partial charge in [0.1, 0.15) is 5.76 Å². The van der Waals surface area contributed by atoms with Gasteiger partial charge in [0.2, 0.25) is 11.8 Å². The first-order valence-electron chi connectivity index (χ1n) is 8.72. The molecule has 0 saturated heterocycles. The van der Waals surface area contributed by atoms with E-state index in [0.29, 0.717) is 22.9 Å². The van der Waals surface area contributed by atoms with E-state index in [1.807, 2.05) is 30.3 Å². The maximum atomic E-state index is 12.9. The molecule has 0 spiro atoms. The van der Waals surface area contributed by atoms with Crippen molar-refractivity contribution in [2.24, 2.45) is 0 Å². The van der Waals surface area contributed by atoms with Gasteiger partial charge in [-0.2, -0.15) is 13.2 Å². The number of oxazole rings is 1. The second-order valence-corrected chi connectivity index (χ2v) is 6.48. The first-order valence-corrected chi connectivity index (χ1v) is 8.72. The zero-order valence-corrected chi connectivity index (χ0v) is 15.4. The second kappa shape index (κ2) is 7.88. The fraction of sp³-hybridized carbons (Fsp3) is 0.238. The molecule has 1 atom stereocenters. The Balaban J connectivity index is 1.68. The molecule has 0 fully saturated rings. The van der Waals surface area contributed by atoms with E-state index in [0.717, 1.165) is 17.7 Å². The fourth-order valence-electron chi connectivity index (χ4n) is 2.81. The van der Waals surface area contributed by atoms with Crippen LogP contribution in [0.15, 0.2) is 59.0 Å². The number of rotatable bonds is 5. The number of hydrogen-bond acceptors (Lipinski definition) is 3. The molecule has 0 saturated carbocycles. The molecule has 1 N–H and O–H groups in total. The minimum atomic E-state index is -4.43. The van der Waals surface area contributed by atoms with Crippen LogP contribution in [0.1, 0.15) is 35.5 Å². The lowest BCUT2D eigenvalue weighted by Gasteiger charge is -2.16. The van der Waals surface area contributed by atoms with Crippen LogP contribution in [0.3, 0.4) is 0 Å². The van der Waals surface area contributed by atoms with Crippen molar-refractivity contribution in [3.05, 3.63) is 77.2 Å². The van der Waals surface area contributed by atoms with E-state index < -0.39 is 17.8 Å². The summed E-state index contributed by atoms with van der Waals surface area (Å²) in [6, 6.07) is 13.6. The van der Waals surface area contributed by atoms with Crippen LogP contribution in [-0.2, 0) is 17.4 Å². The minimum absolute atomic E-state index is 0.0224. The van der Waals surface area contributed by atoms with Gasteiger partial charge in [0.05, 0.1) is 23.7 Å². The normalized spacial score (nSPS) is 12.6. The number of alkyl halides is 3. The highest BCUT2D eigenvalue weighted by Crippen LogP contribution is 2.30. The van der Waals surface area contributed by atoms with Crippen molar-refractivity contribution in [1.82, 2.24) is 10.3 Å². The van der Waals surface area contributed by atoms with Gasteiger partial charge < -0.3 is 9.73 Å². The third-order valence-electron chi connectivity index (χ3n) is 4.33. The van der Waals surface area contributed by atoms with Gasteiger partial charge in [-0.05, 0) is 43.7 Å². The first kappa shape index (κ1) is 19.7. The molecular formula is C21H19F3N2O2. The molecule has 0 aliphatic carbocycles. The number of aromatic nitrogens is 1. The summed E-state index contributed by atoms with van der Waals surface area (Å²) in [5.74, 6) is 0.605.